The second-order valence-electron chi connectivity index (χ2n) is 6.98. The summed E-state index contributed by atoms with van der Waals surface area (Å²) in [5.74, 6) is 0.396. The van der Waals surface area contributed by atoms with E-state index in [1.807, 2.05) is 0 Å². The predicted molar refractivity (Wildman–Crippen MR) is 77.0 cm³/mol. The number of rotatable bonds is 5. The fourth-order valence-electron chi connectivity index (χ4n) is 4.06. The number of hydrogen-bond acceptors (Lipinski definition) is 4. The van der Waals surface area contributed by atoms with Crippen LogP contribution in [0.1, 0.15) is 32.6 Å². The third-order valence-corrected chi connectivity index (χ3v) is 6.34. The van der Waals surface area contributed by atoms with Crippen LogP contribution in [0, 0.1) is 5.41 Å². The van der Waals surface area contributed by atoms with E-state index in [0.29, 0.717) is 17.8 Å². The van der Waals surface area contributed by atoms with Crippen LogP contribution in [-0.2, 0) is 9.84 Å². The first-order valence-electron chi connectivity index (χ1n) is 7.57. The first-order chi connectivity index (χ1) is 8.91. The van der Waals surface area contributed by atoms with Crippen LogP contribution in [0.3, 0.4) is 0 Å². The van der Waals surface area contributed by atoms with Gasteiger partial charge in [-0.25, -0.2) is 8.42 Å². The van der Waals surface area contributed by atoms with Crippen molar-refractivity contribution in [3.05, 3.63) is 0 Å². The van der Waals surface area contributed by atoms with Crippen molar-refractivity contribution in [2.24, 2.45) is 5.41 Å². The van der Waals surface area contributed by atoms with Gasteiger partial charge >= 0.3 is 0 Å². The molecule has 2 saturated heterocycles. The summed E-state index contributed by atoms with van der Waals surface area (Å²) >= 11 is 0. The number of piperazine rings is 1. The van der Waals surface area contributed by atoms with E-state index < -0.39 is 9.84 Å². The average molecular weight is 286 g/mol. The Balaban J connectivity index is 1.65. The van der Waals surface area contributed by atoms with E-state index in [9.17, 15) is 8.42 Å². The average Bonchev–Trinajstić information content (AvgIpc) is 3.00. The van der Waals surface area contributed by atoms with Gasteiger partial charge in [0.15, 0.2) is 0 Å². The molecule has 1 saturated carbocycles. The third kappa shape index (κ3) is 2.98. The van der Waals surface area contributed by atoms with Gasteiger partial charge in [-0.15, -0.1) is 0 Å². The molecular weight excluding hydrogens is 260 g/mol. The standard InChI is InChI=1S/C14H26N2O2S/c1-3-15-8-12-4-5-13(9-15)16(12)10-14(6-7-14)11-19(2,17)18/h12-13H,3-11H2,1-2H3. The molecule has 0 N–H and O–H groups in total. The van der Waals surface area contributed by atoms with E-state index in [2.05, 4.69) is 16.7 Å². The van der Waals surface area contributed by atoms with Crippen LogP contribution in [-0.4, -0.2) is 68.5 Å². The molecule has 2 aliphatic heterocycles. The number of fused-ring (bicyclic) bond motifs is 2. The van der Waals surface area contributed by atoms with Crippen molar-refractivity contribution in [3.63, 3.8) is 0 Å². The van der Waals surface area contributed by atoms with Crippen molar-refractivity contribution in [2.75, 3.05) is 38.2 Å². The molecule has 19 heavy (non-hydrogen) atoms. The minimum absolute atomic E-state index is 0.100. The highest BCUT2D eigenvalue weighted by Crippen LogP contribution is 2.49. The maximum absolute atomic E-state index is 11.6. The Morgan fingerprint density at radius 1 is 1.16 bits per heavy atom. The summed E-state index contributed by atoms with van der Waals surface area (Å²) in [4.78, 5) is 5.19. The molecule has 2 unspecified atom stereocenters. The zero-order valence-corrected chi connectivity index (χ0v) is 13.0. The van der Waals surface area contributed by atoms with Crippen LogP contribution in [0.15, 0.2) is 0 Å². The lowest BCUT2D eigenvalue weighted by molar-refractivity contribution is 0.0561. The minimum Gasteiger partial charge on any atom is -0.301 e. The fourth-order valence-corrected chi connectivity index (χ4v) is 5.55. The lowest BCUT2D eigenvalue weighted by Gasteiger charge is -2.42. The summed E-state index contributed by atoms with van der Waals surface area (Å²) in [5.41, 5.74) is 0.100. The van der Waals surface area contributed by atoms with E-state index in [4.69, 9.17) is 0 Å². The van der Waals surface area contributed by atoms with Gasteiger partial charge in [0.25, 0.3) is 0 Å². The second kappa shape index (κ2) is 4.71. The van der Waals surface area contributed by atoms with Gasteiger partial charge in [0.05, 0.1) is 5.75 Å². The zero-order chi connectivity index (χ0) is 13.7. The molecule has 2 heterocycles. The molecule has 3 fully saturated rings. The maximum atomic E-state index is 11.6. The molecular formula is C14H26N2O2S. The normalized spacial score (nSPS) is 34.6. The second-order valence-corrected chi connectivity index (χ2v) is 9.12. The first kappa shape index (κ1) is 13.8. The number of nitrogens with zero attached hydrogens (tertiary/aromatic N) is 2. The number of likely N-dealkylation sites (tertiary alicyclic amines) is 1. The van der Waals surface area contributed by atoms with E-state index in [-0.39, 0.29) is 5.41 Å². The Morgan fingerprint density at radius 3 is 2.16 bits per heavy atom. The largest absolute Gasteiger partial charge is 0.301 e. The number of likely N-dealkylation sites (N-methyl/N-ethyl adjacent to an activating group) is 1. The number of hydrogen-bond donors (Lipinski definition) is 0. The summed E-state index contributed by atoms with van der Waals surface area (Å²) in [6, 6.07) is 1.35. The molecule has 3 aliphatic rings. The summed E-state index contributed by atoms with van der Waals surface area (Å²) in [7, 11) is -2.84. The van der Waals surface area contributed by atoms with Crippen molar-refractivity contribution in [3.8, 4) is 0 Å². The van der Waals surface area contributed by atoms with E-state index in [1.54, 1.807) is 0 Å². The summed E-state index contributed by atoms with van der Waals surface area (Å²) < 4.78 is 23.2. The Kier molecular flexibility index (Phi) is 3.43. The Labute approximate surface area is 117 Å². The number of sulfone groups is 1. The summed E-state index contributed by atoms with van der Waals surface area (Å²) in [6.45, 7) is 6.77. The third-order valence-electron chi connectivity index (χ3n) is 5.20. The van der Waals surface area contributed by atoms with E-state index >= 15 is 0 Å². The highest BCUT2D eigenvalue weighted by molar-refractivity contribution is 7.90. The summed E-state index contributed by atoms with van der Waals surface area (Å²) in [6.07, 6.45) is 6.20. The monoisotopic (exact) mass is 286 g/mol. The molecule has 0 amide bonds. The van der Waals surface area contributed by atoms with E-state index in [0.717, 1.165) is 25.9 Å². The Hall–Kier alpha value is -0.130. The van der Waals surface area contributed by atoms with Gasteiger partial charge in [-0.2, -0.15) is 0 Å². The molecule has 2 atom stereocenters. The van der Waals surface area contributed by atoms with Crippen molar-refractivity contribution < 1.29 is 8.42 Å². The Morgan fingerprint density at radius 2 is 1.74 bits per heavy atom. The molecule has 1 aliphatic carbocycles. The van der Waals surface area contributed by atoms with Crippen LogP contribution in [0.4, 0.5) is 0 Å². The van der Waals surface area contributed by atoms with Crippen molar-refractivity contribution in [1.82, 2.24) is 9.80 Å². The van der Waals surface area contributed by atoms with Gasteiger partial charge < -0.3 is 4.90 Å². The molecule has 4 nitrogen and oxygen atoms in total. The van der Waals surface area contributed by atoms with Gasteiger partial charge in [0.1, 0.15) is 9.84 Å². The Bertz CT molecular complexity index is 430. The van der Waals surface area contributed by atoms with Gasteiger partial charge in [0, 0.05) is 38.0 Å². The lowest BCUT2D eigenvalue weighted by Crippen LogP contribution is -2.55. The van der Waals surface area contributed by atoms with Crippen LogP contribution in [0.2, 0.25) is 0 Å². The fraction of sp³-hybridized carbons (Fsp3) is 1.00. The van der Waals surface area contributed by atoms with E-state index in [1.165, 1.54) is 32.2 Å². The SMILES string of the molecule is CCN1CC2CCC(C1)N2CC1(CS(C)(=O)=O)CC1. The molecule has 3 rings (SSSR count). The molecule has 0 spiro atoms. The molecule has 5 heteroatoms. The molecule has 2 bridgehead atoms. The quantitative estimate of drug-likeness (QED) is 0.755. The van der Waals surface area contributed by atoms with Crippen LogP contribution in [0.5, 0.6) is 0 Å². The van der Waals surface area contributed by atoms with Crippen molar-refractivity contribution in [2.45, 2.75) is 44.7 Å². The zero-order valence-electron chi connectivity index (χ0n) is 12.1. The van der Waals surface area contributed by atoms with Crippen LogP contribution in [0.25, 0.3) is 0 Å². The molecule has 110 valence electrons. The first-order valence-corrected chi connectivity index (χ1v) is 9.63. The summed E-state index contributed by atoms with van der Waals surface area (Å²) in [5, 5.41) is 0. The van der Waals surface area contributed by atoms with Crippen LogP contribution < -0.4 is 0 Å². The van der Waals surface area contributed by atoms with Crippen LogP contribution >= 0.6 is 0 Å². The topological polar surface area (TPSA) is 40.6 Å². The maximum Gasteiger partial charge on any atom is 0.148 e. The molecule has 0 aromatic carbocycles. The molecule has 0 radical (unpaired) electrons. The highest BCUT2D eigenvalue weighted by atomic mass is 32.2. The van der Waals surface area contributed by atoms with Gasteiger partial charge in [-0.1, -0.05) is 6.92 Å². The van der Waals surface area contributed by atoms with Crippen molar-refractivity contribution >= 4 is 9.84 Å². The smallest absolute Gasteiger partial charge is 0.148 e. The molecule has 0 aromatic heterocycles. The minimum atomic E-state index is -2.84. The van der Waals surface area contributed by atoms with Gasteiger partial charge in [-0.05, 0) is 37.6 Å². The highest BCUT2D eigenvalue weighted by Gasteiger charge is 2.50. The van der Waals surface area contributed by atoms with Crippen molar-refractivity contribution in [1.29, 1.82) is 0 Å². The molecule has 0 aromatic rings. The lowest BCUT2D eigenvalue weighted by atomic mass is 10.1. The van der Waals surface area contributed by atoms with Gasteiger partial charge in [-0.3, -0.25) is 4.90 Å². The predicted octanol–water partition coefficient (Wildman–Crippen LogP) is 0.980. The van der Waals surface area contributed by atoms with Gasteiger partial charge in [0.2, 0.25) is 0 Å².